The van der Waals surface area contributed by atoms with Gasteiger partial charge in [-0.05, 0) is 36.1 Å². The van der Waals surface area contributed by atoms with Crippen LogP contribution in [0.25, 0.3) is 11.0 Å². The number of nitrogens with zero attached hydrogens (tertiary/aromatic N) is 4. The van der Waals surface area contributed by atoms with E-state index in [1.807, 2.05) is 10.6 Å². The van der Waals surface area contributed by atoms with Crippen LogP contribution in [0, 0.1) is 5.92 Å². The number of pyridine rings is 1. The summed E-state index contributed by atoms with van der Waals surface area (Å²) >= 11 is 0. The Hall–Kier alpha value is -4.38. The van der Waals surface area contributed by atoms with E-state index in [9.17, 15) is 24.3 Å². The number of aromatic hydroxyl groups is 1. The summed E-state index contributed by atoms with van der Waals surface area (Å²) in [7, 11) is 3.32. The molecule has 3 aromatic heterocycles. The number of primary amides is 1. The van der Waals surface area contributed by atoms with E-state index in [2.05, 4.69) is 4.90 Å². The maximum atomic E-state index is 12.9. The average Bonchev–Trinajstić information content (AvgIpc) is 3.13. The summed E-state index contributed by atoms with van der Waals surface area (Å²) in [6, 6.07) is 11.9. The van der Waals surface area contributed by atoms with Crippen molar-refractivity contribution in [2.45, 2.75) is 37.8 Å². The second-order valence-corrected chi connectivity index (χ2v) is 11.1. The molecule has 1 amide bonds. The summed E-state index contributed by atoms with van der Waals surface area (Å²) in [6.45, 7) is 2.42. The predicted molar refractivity (Wildman–Crippen MR) is 147 cm³/mol. The van der Waals surface area contributed by atoms with Gasteiger partial charge in [-0.15, -0.1) is 0 Å². The number of piperidine rings is 1. The zero-order chi connectivity index (χ0) is 28.3. The lowest BCUT2D eigenvalue weighted by molar-refractivity contribution is -0.118. The Labute approximate surface area is 228 Å². The number of fused-ring (bicyclic) bond motifs is 5. The summed E-state index contributed by atoms with van der Waals surface area (Å²) in [5, 5.41) is 10.8. The second kappa shape index (κ2) is 9.67. The largest absolute Gasteiger partial charge is 0.502 e. The lowest BCUT2D eigenvalue weighted by Gasteiger charge is -2.42. The monoisotopic (exact) mass is 545 g/mol. The van der Waals surface area contributed by atoms with E-state index in [1.165, 1.54) is 15.2 Å². The fourth-order valence-electron chi connectivity index (χ4n) is 6.52. The molecule has 1 fully saturated rings. The average molecular weight is 546 g/mol. The number of hydrogen-bond donors (Lipinski definition) is 2. The molecule has 0 saturated carbocycles. The molecule has 0 radical (unpaired) electrons. The molecule has 1 saturated heterocycles. The van der Waals surface area contributed by atoms with Crippen molar-refractivity contribution in [3.05, 3.63) is 96.3 Å². The Bertz CT molecular complexity index is 1830. The fourth-order valence-corrected chi connectivity index (χ4v) is 6.52. The van der Waals surface area contributed by atoms with E-state index < -0.39 is 23.0 Å². The number of imidazole rings is 1. The minimum absolute atomic E-state index is 0.0177. The van der Waals surface area contributed by atoms with Crippen LogP contribution in [0.2, 0.25) is 0 Å². The summed E-state index contributed by atoms with van der Waals surface area (Å²) in [4.78, 5) is 52.0. The highest BCUT2D eigenvalue weighted by molar-refractivity contribution is 5.79. The summed E-state index contributed by atoms with van der Waals surface area (Å²) in [6.07, 6.45) is 0.793. The number of amides is 1. The van der Waals surface area contributed by atoms with Crippen molar-refractivity contribution in [1.82, 2.24) is 18.6 Å². The number of rotatable bonds is 6. The highest BCUT2D eigenvalue weighted by Crippen LogP contribution is 2.37. The number of carbonyl (C=O) groups excluding carboxylic acids is 1. The molecule has 208 valence electrons. The molecule has 5 heterocycles. The van der Waals surface area contributed by atoms with Gasteiger partial charge in [-0.3, -0.25) is 28.4 Å². The molecular weight excluding hydrogens is 514 g/mol. The van der Waals surface area contributed by atoms with Gasteiger partial charge in [-0.2, -0.15) is 0 Å². The maximum Gasteiger partial charge on any atom is 0.328 e. The van der Waals surface area contributed by atoms with Gasteiger partial charge >= 0.3 is 5.69 Å². The first-order chi connectivity index (χ1) is 19.1. The molecule has 1 aromatic carbocycles. The Balaban J connectivity index is 1.35. The molecule has 3 atom stereocenters. The molecule has 40 heavy (non-hydrogen) atoms. The van der Waals surface area contributed by atoms with Gasteiger partial charge < -0.3 is 19.8 Å². The lowest BCUT2D eigenvalue weighted by atomic mass is 9.83. The molecule has 11 nitrogen and oxygen atoms in total. The molecule has 2 aliphatic rings. The number of aromatic nitrogens is 3. The molecule has 0 spiro atoms. The number of likely N-dealkylation sites (tertiary alicyclic amines) is 1. The molecule has 2 aliphatic heterocycles. The van der Waals surface area contributed by atoms with Crippen LogP contribution in [-0.2, 0) is 32.0 Å². The number of aryl methyl sites for hydroxylation is 2. The van der Waals surface area contributed by atoms with Crippen LogP contribution >= 0.6 is 0 Å². The van der Waals surface area contributed by atoms with Gasteiger partial charge in [0.05, 0.1) is 23.5 Å². The van der Waals surface area contributed by atoms with Gasteiger partial charge in [-0.1, -0.05) is 12.1 Å². The molecule has 3 N–H and O–H groups in total. The van der Waals surface area contributed by atoms with Crippen LogP contribution < -0.4 is 22.4 Å². The van der Waals surface area contributed by atoms with Crippen LogP contribution in [0.3, 0.4) is 0 Å². The molecular formula is C29H31N5O6. The number of nitrogens with two attached hydrogens (primary N) is 1. The Morgan fingerprint density at radius 2 is 1.82 bits per heavy atom. The Kier molecular flexibility index (Phi) is 6.25. The van der Waals surface area contributed by atoms with Crippen molar-refractivity contribution < 1.29 is 14.3 Å². The van der Waals surface area contributed by atoms with Crippen molar-refractivity contribution in [2.24, 2.45) is 25.7 Å². The molecule has 3 unspecified atom stereocenters. The van der Waals surface area contributed by atoms with Crippen molar-refractivity contribution in [3.63, 3.8) is 0 Å². The highest BCUT2D eigenvalue weighted by Gasteiger charge is 2.35. The number of carbonyl (C=O) groups is 1. The zero-order valence-electron chi connectivity index (χ0n) is 22.4. The van der Waals surface area contributed by atoms with Crippen molar-refractivity contribution in [1.29, 1.82) is 0 Å². The van der Waals surface area contributed by atoms with Crippen molar-refractivity contribution in [2.75, 3.05) is 13.1 Å². The third-order valence-electron chi connectivity index (χ3n) is 8.35. The van der Waals surface area contributed by atoms with Crippen LogP contribution in [0.15, 0.2) is 61.3 Å². The van der Waals surface area contributed by atoms with E-state index >= 15 is 0 Å². The standard InChI is InChI=1S/C29H31N5O6/c1-31-22-7-6-17(9-23(22)32(2)29(31)39)20(11-25(30)36)28-27(38)24(35)10-19(40-28)15-33-12-16-8-18(14-33)21-4-3-5-26(37)34(21)13-16/h3-7,9-10,16,18,20,38H,8,11-15H2,1-2H3,(H2,30,36). The minimum atomic E-state index is -0.829. The number of hydrogen-bond acceptors (Lipinski definition) is 7. The predicted octanol–water partition coefficient (Wildman–Crippen LogP) is 1.32. The van der Waals surface area contributed by atoms with E-state index in [0.717, 1.165) is 18.7 Å². The molecule has 6 rings (SSSR count). The van der Waals surface area contributed by atoms with Crippen LogP contribution in [0.4, 0.5) is 0 Å². The van der Waals surface area contributed by atoms with E-state index in [4.69, 9.17) is 10.2 Å². The molecule has 4 aromatic rings. The first-order valence-corrected chi connectivity index (χ1v) is 13.3. The SMILES string of the molecule is Cn1c(=O)n(C)c2cc(C(CC(N)=O)c3oc(CN4CC5CC(C4)c4cccc(=O)n4C5)cc(=O)c3O)ccc21. The molecule has 11 heteroatoms. The smallest absolute Gasteiger partial charge is 0.328 e. The second-order valence-electron chi connectivity index (χ2n) is 11.1. The summed E-state index contributed by atoms with van der Waals surface area (Å²) in [5.41, 5.74) is 7.74. The highest BCUT2D eigenvalue weighted by atomic mass is 16.4. The van der Waals surface area contributed by atoms with E-state index in [-0.39, 0.29) is 29.3 Å². The fraction of sp³-hybridized carbons (Fsp3) is 0.379. The maximum absolute atomic E-state index is 12.9. The van der Waals surface area contributed by atoms with Gasteiger partial charge in [0.1, 0.15) is 5.76 Å². The third kappa shape index (κ3) is 4.36. The Morgan fingerprint density at radius 3 is 2.60 bits per heavy atom. The van der Waals surface area contributed by atoms with E-state index in [0.29, 0.717) is 47.9 Å². The number of benzene rings is 1. The van der Waals surface area contributed by atoms with E-state index in [1.54, 1.807) is 44.4 Å². The van der Waals surface area contributed by atoms with Gasteiger partial charge in [0.15, 0.2) is 5.76 Å². The van der Waals surface area contributed by atoms with Gasteiger partial charge in [0.2, 0.25) is 17.1 Å². The first kappa shape index (κ1) is 25.9. The molecule has 2 bridgehead atoms. The first-order valence-electron chi connectivity index (χ1n) is 13.3. The lowest BCUT2D eigenvalue weighted by Crippen LogP contribution is -2.46. The quantitative estimate of drug-likeness (QED) is 0.372. The zero-order valence-corrected chi connectivity index (χ0v) is 22.4. The normalized spacial score (nSPS) is 19.4. The topological polar surface area (TPSA) is 146 Å². The van der Waals surface area contributed by atoms with Gasteiger partial charge in [0, 0.05) is 63.9 Å². The van der Waals surface area contributed by atoms with Gasteiger partial charge in [0.25, 0.3) is 5.56 Å². The Morgan fingerprint density at radius 1 is 1.05 bits per heavy atom. The van der Waals surface area contributed by atoms with Crippen LogP contribution in [0.1, 0.15) is 47.5 Å². The minimum Gasteiger partial charge on any atom is -0.502 e. The summed E-state index contributed by atoms with van der Waals surface area (Å²) in [5.74, 6) is -1.21. The van der Waals surface area contributed by atoms with Crippen LogP contribution in [-0.4, -0.2) is 42.7 Å². The third-order valence-corrected chi connectivity index (χ3v) is 8.35. The van der Waals surface area contributed by atoms with Crippen molar-refractivity contribution in [3.8, 4) is 5.75 Å². The molecule has 0 aliphatic carbocycles. The van der Waals surface area contributed by atoms with Crippen LogP contribution in [0.5, 0.6) is 5.75 Å². The van der Waals surface area contributed by atoms with Crippen molar-refractivity contribution >= 4 is 16.9 Å². The summed E-state index contributed by atoms with van der Waals surface area (Å²) < 4.78 is 11.0. The van der Waals surface area contributed by atoms with Gasteiger partial charge in [-0.25, -0.2) is 4.79 Å².